The zero-order valence-electron chi connectivity index (χ0n) is 13.3. The normalized spacial score (nSPS) is 16.9. The van der Waals surface area contributed by atoms with Crippen molar-refractivity contribution in [1.29, 1.82) is 0 Å². The molecule has 20 heavy (non-hydrogen) atoms. The van der Waals surface area contributed by atoms with Crippen LogP contribution < -0.4 is 10.2 Å². The Morgan fingerprint density at radius 1 is 1.30 bits per heavy atom. The van der Waals surface area contributed by atoms with Crippen molar-refractivity contribution in [3.8, 4) is 0 Å². The number of hydrogen-bond donors (Lipinski definition) is 1. The first-order valence-corrected chi connectivity index (χ1v) is 7.82. The Balaban J connectivity index is 1.83. The number of rotatable bonds is 5. The molecule has 0 aliphatic carbocycles. The summed E-state index contributed by atoms with van der Waals surface area (Å²) in [5.41, 5.74) is 2.05. The van der Waals surface area contributed by atoms with Gasteiger partial charge < -0.3 is 10.2 Å². The van der Waals surface area contributed by atoms with E-state index in [1.807, 2.05) is 13.1 Å². The molecule has 0 aromatic carbocycles. The molecule has 1 aliphatic rings. The van der Waals surface area contributed by atoms with Crippen LogP contribution in [-0.2, 0) is 0 Å². The minimum Gasteiger partial charge on any atom is -0.355 e. The van der Waals surface area contributed by atoms with Gasteiger partial charge in [0.2, 0.25) is 0 Å². The van der Waals surface area contributed by atoms with E-state index in [1.165, 1.54) is 12.8 Å². The summed E-state index contributed by atoms with van der Waals surface area (Å²) in [6.07, 6.45) is 4.35. The van der Waals surface area contributed by atoms with Crippen molar-refractivity contribution in [3.05, 3.63) is 17.6 Å². The van der Waals surface area contributed by atoms with Crippen LogP contribution in [0.2, 0.25) is 0 Å². The van der Waals surface area contributed by atoms with E-state index in [0.717, 1.165) is 55.2 Å². The fourth-order valence-electron chi connectivity index (χ4n) is 2.75. The molecule has 0 amide bonds. The molecule has 2 heterocycles. The van der Waals surface area contributed by atoms with Crippen molar-refractivity contribution in [2.75, 3.05) is 31.1 Å². The van der Waals surface area contributed by atoms with Gasteiger partial charge >= 0.3 is 0 Å². The van der Waals surface area contributed by atoms with Gasteiger partial charge in [0.25, 0.3) is 0 Å². The molecule has 2 rings (SSSR count). The molecule has 1 aromatic heterocycles. The largest absolute Gasteiger partial charge is 0.355 e. The zero-order chi connectivity index (χ0) is 14.5. The smallest absolute Gasteiger partial charge is 0.150 e. The lowest BCUT2D eigenvalue weighted by Gasteiger charge is -2.33. The van der Waals surface area contributed by atoms with Gasteiger partial charge in [0.05, 0.1) is 11.4 Å². The number of nitrogens with one attached hydrogen (secondary N) is 1. The third kappa shape index (κ3) is 4.17. The number of nitrogens with zero attached hydrogens (tertiary/aromatic N) is 3. The van der Waals surface area contributed by atoms with E-state index in [2.05, 4.69) is 41.0 Å². The number of aryl methyl sites for hydroxylation is 2. The Labute approximate surface area is 123 Å². The first-order valence-electron chi connectivity index (χ1n) is 7.82. The Morgan fingerprint density at radius 2 is 2.00 bits per heavy atom. The van der Waals surface area contributed by atoms with Crippen LogP contribution in [0.15, 0.2) is 6.20 Å². The van der Waals surface area contributed by atoms with Crippen LogP contribution in [0.1, 0.15) is 38.1 Å². The SMILES string of the molecule is Cc1cnc(C)c(N2CCC(CNCC(C)C)CC2)n1. The van der Waals surface area contributed by atoms with E-state index >= 15 is 0 Å². The lowest BCUT2D eigenvalue weighted by molar-refractivity contribution is 0.372. The second-order valence-electron chi connectivity index (χ2n) is 6.40. The zero-order valence-corrected chi connectivity index (χ0v) is 13.3. The third-order valence-corrected chi connectivity index (χ3v) is 3.95. The number of piperidine rings is 1. The molecular formula is C16H28N4. The minimum absolute atomic E-state index is 0.736. The van der Waals surface area contributed by atoms with Gasteiger partial charge in [-0.1, -0.05) is 13.8 Å². The van der Waals surface area contributed by atoms with Crippen molar-refractivity contribution < 1.29 is 0 Å². The van der Waals surface area contributed by atoms with Gasteiger partial charge in [-0.25, -0.2) is 4.98 Å². The van der Waals surface area contributed by atoms with Crippen molar-refractivity contribution >= 4 is 5.82 Å². The van der Waals surface area contributed by atoms with Gasteiger partial charge in [0.15, 0.2) is 0 Å². The molecule has 1 N–H and O–H groups in total. The lowest BCUT2D eigenvalue weighted by Crippen LogP contribution is -2.38. The summed E-state index contributed by atoms with van der Waals surface area (Å²) >= 11 is 0. The Kier molecular flexibility index (Phi) is 5.35. The number of hydrogen-bond acceptors (Lipinski definition) is 4. The summed E-state index contributed by atoms with van der Waals surface area (Å²) in [5.74, 6) is 2.63. The highest BCUT2D eigenvalue weighted by molar-refractivity contribution is 5.43. The highest BCUT2D eigenvalue weighted by atomic mass is 15.2. The molecule has 0 saturated carbocycles. The van der Waals surface area contributed by atoms with Crippen LogP contribution in [-0.4, -0.2) is 36.1 Å². The molecule has 1 aromatic rings. The molecule has 0 atom stereocenters. The minimum atomic E-state index is 0.736. The molecule has 1 fully saturated rings. The van der Waals surface area contributed by atoms with Crippen molar-refractivity contribution in [3.63, 3.8) is 0 Å². The molecule has 4 nitrogen and oxygen atoms in total. The average Bonchev–Trinajstić information content (AvgIpc) is 2.42. The summed E-state index contributed by atoms with van der Waals surface area (Å²) < 4.78 is 0. The van der Waals surface area contributed by atoms with Crippen molar-refractivity contribution in [2.24, 2.45) is 11.8 Å². The fourth-order valence-corrected chi connectivity index (χ4v) is 2.75. The van der Waals surface area contributed by atoms with Gasteiger partial charge in [-0.3, -0.25) is 4.98 Å². The molecule has 0 unspecified atom stereocenters. The van der Waals surface area contributed by atoms with Crippen LogP contribution in [0.3, 0.4) is 0 Å². The second-order valence-corrected chi connectivity index (χ2v) is 6.40. The van der Waals surface area contributed by atoms with Crippen LogP contribution in [0, 0.1) is 25.7 Å². The molecule has 1 saturated heterocycles. The maximum atomic E-state index is 4.65. The van der Waals surface area contributed by atoms with E-state index in [4.69, 9.17) is 0 Å². The van der Waals surface area contributed by atoms with E-state index in [1.54, 1.807) is 0 Å². The maximum Gasteiger partial charge on any atom is 0.150 e. The first-order chi connectivity index (χ1) is 9.56. The van der Waals surface area contributed by atoms with Gasteiger partial charge in [-0.05, 0) is 51.6 Å². The summed E-state index contributed by atoms with van der Waals surface area (Å²) in [4.78, 5) is 11.5. The summed E-state index contributed by atoms with van der Waals surface area (Å²) in [6.45, 7) is 13.1. The topological polar surface area (TPSA) is 41.1 Å². The summed E-state index contributed by atoms with van der Waals surface area (Å²) in [5, 5.41) is 3.58. The highest BCUT2D eigenvalue weighted by Gasteiger charge is 2.21. The maximum absolute atomic E-state index is 4.65. The summed E-state index contributed by atoms with van der Waals surface area (Å²) in [6, 6.07) is 0. The van der Waals surface area contributed by atoms with Gasteiger partial charge in [0, 0.05) is 19.3 Å². The van der Waals surface area contributed by atoms with Gasteiger partial charge in [-0.2, -0.15) is 0 Å². The van der Waals surface area contributed by atoms with Crippen molar-refractivity contribution in [1.82, 2.24) is 15.3 Å². The molecule has 0 bridgehead atoms. The fraction of sp³-hybridized carbons (Fsp3) is 0.750. The van der Waals surface area contributed by atoms with E-state index < -0.39 is 0 Å². The quantitative estimate of drug-likeness (QED) is 0.897. The second kappa shape index (κ2) is 7.02. The van der Waals surface area contributed by atoms with E-state index in [9.17, 15) is 0 Å². The standard InChI is InChI=1S/C16H28N4/c1-12(2)9-17-11-15-5-7-20(8-6-15)16-14(4)18-10-13(3)19-16/h10,12,15,17H,5-9,11H2,1-4H3. The lowest BCUT2D eigenvalue weighted by atomic mass is 9.96. The van der Waals surface area contributed by atoms with Crippen LogP contribution >= 0.6 is 0 Å². The van der Waals surface area contributed by atoms with Gasteiger partial charge in [-0.15, -0.1) is 0 Å². The van der Waals surface area contributed by atoms with E-state index in [-0.39, 0.29) is 0 Å². The molecule has 1 aliphatic heterocycles. The van der Waals surface area contributed by atoms with Gasteiger partial charge in [0.1, 0.15) is 5.82 Å². The summed E-state index contributed by atoms with van der Waals surface area (Å²) in [7, 11) is 0. The molecule has 4 heteroatoms. The Hall–Kier alpha value is -1.16. The van der Waals surface area contributed by atoms with Crippen LogP contribution in [0.25, 0.3) is 0 Å². The van der Waals surface area contributed by atoms with Crippen molar-refractivity contribution in [2.45, 2.75) is 40.5 Å². The number of aromatic nitrogens is 2. The van der Waals surface area contributed by atoms with E-state index in [0.29, 0.717) is 0 Å². The predicted octanol–water partition coefficient (Wildman–Crippen LogP) is 2.56. The predicted molar refractivity (Wildman–Crippen MR) is 84.2 cm³/mol. The highest BCUT2D eigenvalue weighted by Crippen LogP contribution is 2.23. The third-order valence-electron chi connectivity index (χ3n) is 3.95. The molecule has 0 spiro atoms. The average molecular weight is 276 g/mol. The Morgan fingerprint density at radius 3 is 2.65 bits per heavy atom. The molecular weight excluding hydrogens is 248 g/mol. The number of anilines is 1. The monoisotopic (exact) mass is 276 g/mol. The molecule has 0 radical (unpaired) electrons. The Bertz CT molecular complexity index is 422. The molecule has 112 valence electrons. The van der Waals surface area contributed by atoms with Crippen LogP contribution in [0.5, 0.6) is 0 Å². The van der Waals surface area contributed by atoms with Crippen LogP contribution in [0.4, 0.5) is 5.82 Å². The first kappa shape index (κ1) is 15.2.